The molecule has 0 aromatic heterocycles. The van der Waals surface area contributed by atoms with E-state index in [1.54, 1.807) is 0 Å². The van der Waals surface area contributed by atoms with E-state index in [0.717, 1.165) is 0 Å². The van der Waals surface area contributed by atoms with Crippen molar-refractivity contribution >= 4 is 22.5 Å². The number of sulfone groups is 1. The van der Waals surface area contributed by atoms with E-state index in [9.17, 15) is 8.42 Å². The van der Waals surface area contributed by atoms with Gasteiger partial charge in [-0.05, 0) is 6.42 Å². The summed E-state index contributed by atoms with van der Waals surface area (Å²) in [6.45, 7) is 0. The Morgan fingerprint density at radius 1 is 1.60 bits per heavy atom. The number of hydrogen-bond donors (Lipinski definition) is 2. The van der Waals surface area contributed by atoms with Gasteiger partial charge in [0.25, 0.3) is 0 Å². The lowest BCUT2D eigenvalue weighted by Crippen LogP contribution is -2.24. The van der Waals surface area contributed by atoms with Gasteiger partial charge in [0.15, 0.2) is 0 Å². The average Bonchev–Trinajstić information content (AvgIpc) is 1.81. The third-order valence-electron chi connectivity index (χ3n) is 1.09. The van der Waals surface area contributed by atoms with Crippen LogP contribution in [0.3, 0.4) is 0 Å². The molecular weight excluding hydrogens is 170 g/mol. The maximum atomic E-state index is 10.6. The summed E-state index contributed by atoms with van der Waals surface area (Å²) in [5.41, 5.74) is 5.44. The van der Waals surface area contributed by atoms with E-state index in [1.165, 1.54) is 6.26 Å². The zero-order chi connectivity index (χ0) is 8.20. The molecule has 0 bridgehead atoms. The average molecular weight is 183 g/mol. The first kappa shape index (κ1) is 10.3. The lowest BCUT2D eigenvalue weighted by atomic mass is 10.3. The third-order valence-corrected chi connectivity index (χ3v) is 2.54. The summed E-state index contributed by atoms with van der Waals surface area (Å²) >= 11 is 3.93. The summed E-state index contributed by atoms with van der Waals surface area (Å²) in [7, 11) is -2.84. The Bertz CT molecular complexity index is 176. The van der Waals surface area contributed by atoms with Gasteiger partial charge >= 0.3 is 0 Å². The van der Waals surface area contributed by atoms with Gasteiger partial charge in [-0.25, -0.2) is 8.42 Å². The van der Waals surface area contributed by atoms with Crippen LogP contribution in [0.1, 0.15) is 6.42 Å². The van der Waals surface area contributed by atoms with Crippen molar-refractivity contribution in [2.45, 2.75) is 12.5 Å². The van der Waals surface area contributed by atoms with E-state index in [-0.39, 0.29) is 11.8 Å². The fourth-order valence-corrected chi connectivity index (χ4v) is 1.37. The molecule has 0 saturated heterocycles. The highest BCUT2D eigenvalue weighted by Gasteiger charge is 2.05. The lowest BCUT2D eigenvalue weighted by Gasteiger charge is -2.05. The Morgan fingerprint density at radius 2 is 2.10 bits per heavy atom. The molecule has 5 heteroatoms. The fraction of sp³-hybridized carbons (Fsp3) is 1.00. The van der Waals surface area contributed by atoms with Crippen LogP contribution < -0.4 is 5.73 Å². The first-order chi connectivity index (χ1) is 4.45. The zero-order valence-electron chi connectivity index (χ0n) is 5.95. The largest absolute Gasteiger partial charge is 0.327 e. The van der Waals surface area contributed by atoms with E-state index in [1.807, 2.05) is 0 Å². The van der Waals surface area contributed by atoms with E-state index >= 15 is 0 Å². The summed E-state index contributed by atoms with van der Waals surface area (Å²) in [4.78, 5) is 0. The van der Waals surface area contributed by atoms with E-state index in [0.29, 0.717) is 12.2 Å². The summed E-state index contributed by atoms with van der Waals surface area (Å²) in [6.07, 6.45) is 1.71. The summed E-state index contributed by atoms with van der Waals surface area (Å²) in [5, 5.41) is 0. The van der Waals surface area contributed by atoms with Crippen LogP contribution in [0, 0.1) is 0 Å². The van der Waals surface area contributed by atoms with Gasteiger partial charge in [-0.2, -0.15) is 12.6 Å². The molecule has 0 amide bonds. The Kier molecular flexibility index (Phi) is 4.31. The molecule has 3 nitrogen and oxygen atoms in total. The molecule has 0 aromatic rings. The molecule has 0 heterocycles. The molecule has 10 heavy (non-hydrogen) atoms. The summed E-state index contributed by atoms with van der Waals surface area (Å²) in [6, 6.07) is -0.0990. The highest BCUT2D eigenvalue weighted by molar-refractivity contribution is 7.90. The van der Waals surface area contributed by atoms with Crippen molar-refractivity contribution < 1.29 is 8.42 Å². The number of thiol groups is 1. The van der Waals surface area contributed by atoms with Crippen molar-refractivity contribution in [1.29, 1.82) is 0 Å². The molecule has 0 radical (unpaired) electrons. The first-order valence-corrected chi connectivity index (χ1v) is 5.69. The molecule has 0 aromatic carbocycles. The third kappa shape index (κ3) is 6.38. The maximum Gasteiger partial charge on any atom is 0.147 e. The van der Waals surface area contributed by atoms with Gasteiger partial charge < -0.3 is 5.73 Å². The summed E-state index contributed by atoms with van der Waals surface area (Å²) < 4.78 is 21.1. The second kappa shape index (κ2) is 4.20. The molecule has 0 aliphatic heterocycles. The number of hydrogen-bond acceptors (Lipinski definition) is 4. The van der Waals surface area contributed by atoms with Crippen molar-refractivity contribution in [2.24, 2.45) is 5.73 Å². The molecule has 0 aliphatic carbocycles. The Labute approximate surface area is 67.3 Å². The predicted molar refractivity (Wildman–Crippen MR) is 46.2 cm³/mol. The highest BCUT2D eigenvalue weighted by atomic mass is 32.2. The molecule has 1 atom stereocenters. The van der Waals surface area contributed by atoms with Gasteiger partial charge in [0, 0.05) is 18.1 Å². The van der Waals surface area contributed by atoms with Gasteiger partial charge in [0.05, 0.1) is 5.75 Å². The summed E-state index contributed by atoms with van der Waals surface area (Å²) in [5.74, 6) is 0.699. The molecule has 62 valence electrons. The van der Waals surface area contributed by atoms with Crippen LogP contribution >= 0.6 is 12.6 Å². The Morgan fingerprint density at radius 3 is 2.40 bits per heavy atom. The number of nitrogens with two attached hydrogens (primary N) is 1. The van der Waals surface area contributed by atoms with Gasteiger partial charge in [-0.3, -0.25) is 0 Å². The van der Waals surface area contributed by atoms with Gasteiger partial charge in [-0.1, -0.05) is 0 Å². The van der Waals surface area contributed by atoms with Crippen molar-refractivity contribution in [3.63, 3.8) is 0 Å². The van der Waals surface area contributed by atoms with Crippen LogP contribution in [0.2, 0.25) is 0 Å². The van der Waals surface area contributed by atoms with Crippen molar-refractivity contribution in [2.75, 3.05) is 17.8 Å². The standard InChI is InChI=1S/C5H13NO2S2/c1-10(7,8)3-2-5(6)4-9/h5,9H,2-4,6H2,1H3. The van der Waals surface area contributed by atoms with E-state index in [2.05, 4.69) is 12.6 Å². The predicted octanol–water partition coefficient (Wildman–Crippen LogP) is -0.322. The normalized spacial score (nSPS) is 15.1. The van der Waals surface area contributed by atoms with Crippen LogP contribution in [0.4, 0.5) is 0 Å². The van der Waals surface area contributed by atoms with Crippen molar-refractivity contribution in [1.82, 2.24) is 0 Å². The Balaban J connectivity index is 3.56. The maximum absolute atomic E-state index is 10.6. The molecular formula is C5H13NO2S2. The van der Waals surface area contributed by atoms with Crippen LogP contribution in [0.5, 0.6) is 0 Å². The van der Waals surface area contributed by atoms with Crippen LogP contribution in [0.15, 0.2) is 0 Å². The van der Waals surface area contributed by atoms with Crippen LogP contribution in [0.25, 0.3) is 0 Å². The minimum Gasteiger partial charge on any atom is -0.327 e. The molecule has 0 spiro atoms. The monoisotopic (exact) mass is 183 g/mol. The lowest BCUT2D eigenvalue weighted by molar-refractivity contribution is 0.594. The van der Waals surface area contributed by atoms with Gasteiger partial charge in [0.2, 0.25) is 0 Å². The minimum absolute atomic E-state index is 0.0990. The second-order valence-electron chi connectivity index (χ2n) is 2.36. The number of rotatable bonds is 4. The second-order valence-corrected chi connectivity index (χ2v) is 4.99. The topological polar surface area (TPSA) is 60.2 Å². The van der Waals surface area contributed by atoms with Crippen molar-refractivity contribution in [3.05, 3.63) is 0 Å². The first-order valence-electron chi connectivity index (χ1n) is 3.00. The van der Waals surface area contributed by atoms with E-state index < -0.39 is 9.84 Å². The molecule has 0 saturated carbocycles. The smallest absolute Gasteiger partial charge is 0.147 e. The zero-order valence-corrected chi connectivity index (χ0v) is 7.66. The van der Waals surface area contributed by atoms with Gasteiger partial charge in [0.1, 0.15) is 9.84 Å². The van der Waals surface area contributed by atoms with Crippen LogP contribution in [-0.2, 0) is 9.84 Å². The fourth-order valence-electron chi connectivity index (χ4n) is 0.457. The molecule has 1 unspecified atom stereocenters. The molecule has 2 N–H and O–H groups in total. The Hall–Kier alpha value is 0.260. The van der Waals surface area contributed by atoms with E-state index in [4.69, 9.17) is 5.73 Å². The minimum atomic E-state index is -2.84. The molecule has 0 fully saturated rings. The molecule has 0 aliphatic rings. The van der Waals surface area contributed by atoms with Crippen molar-refractivity contribution in [3.8, 4) is 0 Å². The quantitative estimate of drug-likeness (QED) is 0.587. The highest BCUT2D eigenvalue weighted by Crippen LogP contribution is 1.94. The van der Waals surface area contributed by atoms with Crippen LogP contribution in [-0.4, -0.2) is 32.2 Å². The molecule has 0 rings (SSSR count). The SMILES string of the molecule is CS(=O)(=O)CCC(N)CS. The van der Waals surface area contributed by atoms with Gasteiger partial charge in [-0.15, -0.1) is 0 Å².